The summed E-state index contributed by atoms with van der Waals surface area (Å²) < 4.78 is 7.80. The number of imidazole rings is 1. The standard InChI is InChI=1S/C24H31BrN6O6/c1-14(32)37-16-10-19(22(26)34)31(11-16)23(35)21(24(2,3)4)28-20(33)12-36-29-15-5-6-18(17(25)9-15)30-8-7-27-13-30/h5-9,13,16,19,21,29H,10-12H2,1-4H3,(H2,26,34)(H,28,33)/t16-,19+,21-/m1/s1. The van der Waals surface area contributed by atoms with Gasteiger partial charge in [0.1, 0.15) is 18.2 Å². The number of hydrogen-bond donors (Lipinski definition) is 3. The van der Waals surface area contributed by atoms with Gasteiger partial charge >= 0.3 is 5.97 Å². The molecule has 1 aromatic carbocycles. The second-order valence-corrected chi connectivity index (χ2v) is 10.6. The first-order valence-corrected chi connectivity index (χ1v) is 12.4. The number of benzene rings is 1. The molecular formula is C24H31BrN6O6. The fourth-order valence-electron chi connectivity index (χ4n) is 4.01. The summed E-state index contributed by atoms with van der Waals surface area (Å²) in [6, 6.07) is 3.48. The Labute approximate surface area is 222 Å². The number of hydrogen-bond acceptors (Lipinski definition) is 8. The largest absolute Gasteiger partial charge is 0.461 e. The highest BCUT2D eigenvalue weighted by atomic mass is 79.9. The first-order valence-electron chi connectivity index (χ1n) is 11.6. The number of aromatic nitrogens is 2. The van der Waals surface area contributed by atoms with Gasteiger partial charge in [0, 0.05) is 30.2 Å². The van der Waals surface area contributed by atoms with Gasteiger partial charge in [0.25, 0.3) is 0 Å². The molecule has 1 aliphatic heterocycles. The summed E-state index contributed by atoms with van der Waals surface area (Å²) in [7, 11) is 0. The number of amides is 3. The number of rotatable bonds is 9. The van der Waals surface area contributed by atoms with Crippen molar-refractivity contribution in [3.8, 4) is 5.69 Å². The van der Waals surface area contributed by atoms with Gasteiger partial charge in [0.2, 0.25) is 17.7 Å². The van der Waals surface area contributed by atoms with E-state index in [4.69, 9.17) is 15.3 Å². The van der Waals surface area contributed by atoms with Gasteiger partial charge in [0.15, 0.2) is 6.61 Å². The predicted molar refractivity (Wildman–Crippen MR) is 137 cm³/mol. The lowest BCUT2D eigenvalue weighted by molar-refractivity contribution is -0.147. The first kappa shape index (κ1) is 28.1. The van der Waals surface area contributed by atoms with Gasteiger partial charge in [-0.25, -0.2) is 4.98 Å². The second kappa shape index (κ2) is 11.7. The maximum Gasteiger partial charge on any atom is 0.302 e. The third kappa shape index (κ3) is 7.29. The average molecular weight is 579 g/mol. The molecule has 3 atom stereocenters. The summed E-state index contributed by atoms with van der Waals surface area (Å²) in [4.78, 5) is 60.1. The van der Waals surface area contributed by atoms with Crippen molar-refractivity contribution in [3.63, 3.8) is 0 Å². The molecule has 2 heterocycles. The van der Waals surface area contributed by atoms with Crippen LogP contribution < -0.4 is 16.5 Å². The molecule has 4 N–H and O–H groups in total. The monoisotopic (exact) mass is 578 g/mol. The molecule has 1 fully saturated rings. The molecule has 0 saturated carbocycles. The highest BCUT2D eigenvalue weighted by Crippen LogP contribution is 2.27. The van der Waals surface area contributed by atoms with Gasteiger partial charge < -0.3 is 25.3 Å². The molecule has 0 aliphatic carbocycles. The number of nitrogens with zero attached hydrogens (tertiary/aromatic N) is 3. The van der Waals surface area contributed by atoms with Crippen LogP contribution in [0.3, 0.4) is 0 Å². The van der Waals surface area contributed by atoms with Crippen LogP contribution in [0.5, 0.6) is 0 Å². The number of carbonyl (C=O) groups is 4. The van der Waals surface area contributed by atoms with Gasteiger partial charge in [0.05, 0.1) is 24.2 Å². The lowest BCUT2D eigenvalue weighted by atomic mass is 9.85. The van der Waals surface area contributed by atoms with E-state index in [0.717, 1.165) is 10.2 Å². The van der Waals surface area contributed by atoms with Crippen molar-refractivity contribution >= 4 is 45.3 Å². The molecule has 13 heteroatoms. The maximum absolute atomic E-state index is 13.4. The van der Waals surface area contributed by atoms with Crippen molar-refractivity contribution in [2.45, 2.75) is 52.3 Å². The molecule has 0 bridgehead atoms. The van der Waals surface area contributed by atoms with Crippen LogP contribution in [0.15, 0.2) is 41.4 Å². The fraction of sp³-hybridized carbons (Fsp3) is 0.458. The number of anilines is 1. The molecule has 3 rings (SSSR count). The number of carbonyl (C=O) groups excluding carboxylic acids is 4. The molecule has 1 aliphatic rings. The Balaban J connectivity index is 1.61. The molecule has 37 heavy (non-hydrogen) atoms. The first-order chi connectivity index (χ1) is 17.4. The van der Waals surface area contributed by atoms with Crippen LogP contribution in [0, 0.1) is 5.41 Å². The van der Waals surface area contributed by atoms with E-state index in [1.165, 1.54) is 11.8 Å². The zero-order chi connectivity index (χ0) is 27.3. The Kier molecular flexibility index (Phi) is 8.92. The Hall–Kier alpha value is -3.45. The highest BCUT2D eigenvalue weighted by molar-refractivity contribution is 9.10. The molecule has 2 aromatic rings. The minimum atomic E-state index is -0.981. The van der Waals surface area contributed by atoms with E-state index < -0.39 is 47.3 Å². The maximum atomic E-state index is 13.4. The van der Waals surface area contributed by atoms with Crippen molar-refractivity contribution in [1.82, 2.24) is 19.8 Å². The van der Waals surface area contributed by atoms with Gasteiger partial charge in [-0.2, -0.15) is 0 Å². The third-order valence-corrected chi connectivity index (χ3v) is 6.38. The number of ether oxygens (including phenoxy) is 1. The second-order valence-electron chi connectivity index (χ2n) is 9.77. The molecule has 0 radical (unpaired) electrons. The van der Waals surface area contributed by atoms with E-state index in [2.05, 4.69) is 31.7 Å². The van der Waals surface area contributed by atoms with E-state index in [0.29, 0.717) is 5.69 Å². The zero-order valence-electron chi connectivity index (χ0n) is 21.1. The van der Waals surface area contributed by atoms with Crippen LogP contribution in [0.4, 0.5) is 5.69 Å². The number of primary amides is 1. The van der Waals surface area contributed by atoms with Crippen LogP contribution in [-0.4, -0.2) is 69.5 Å². The van der Waals surface area contributed by atoms with Gasteiger partial charge in [-0.15, -0.1) is 0 Å². The lowest BCUT2D eigenvalue weighted by Gasteiger charge is -2.35. The van der Waals surface area contributed by atoms with E-state index >= 15 is 0 Å². The highest BCUT2D eigenvalue weighted by Gasteiger charge is 2.45. The zero-order valence-corrected chi connectivity index (χ0v) is 22.6. The average Bonchev–Trinajstić information content (AvgIpc) is 3.46. The summed E-state index contributed by atoms with van der Waals surface area (Å²) in [5, 5.41) is 2.70. The van der Waals surface area contributed by atoms with Crippen LogP contribution in [0.25, 0.3) is 5.69 Å². The van der Waals surface area contributed by atoms with Crippen molar-refractivity contribution < 1.29 is 28.8 Å². The minimum Gasteiger partial charge on any atom is -0.461 e. The number of likely N-dealkylation sites (tertiary alicyclic amines) is 1. The Morgan fingerprint density at radius 2 is 2.00 bits per heavy atom. The Bertz CT molecular complexity index is 1150. The fourth-order valence-corrected chi connectivity index (χ4v) is 4.60. The number of nitrogens with one attached hydrogen (secondary N) is 2. The minimum absolute atomic E-state index is 0.0104. The molecule has 12 nitrogen and oxygen atoms in total. The molecule has 1 saturated heterocycles. The van der Waals surface area contributed by atoms with E-state index in [9.17, 15) is 19.2 Å². The van der Waals surface area contributed by atoms with Gasteiger partial charge in [-0.1, -0.05) is 20.8 Å². The quantitative estimate of drug-likeness (QED) is 0.298. The topological polar surface area (TPSA) is 158 Å². The Morgan fingerprint density at radius 3 is 2.57 bits per heavy atom. The third-order valence-electron chi connectivity index (χ3n) is 5.75. The molecule has 0 spiro atoms. The molecular weight excluding hydrogens is 548 g/mol. The Morgan fingerprint density at radius 1 is 1.27 bits per heavy atom. The normalized spacial score (nSPS) is 18.2. The van der Waals surface area contributed by atoms with Crippen LogP contribution in [0.1, 0.15) is 34.1 Å². The molecule has 1 aromatic heterocycles. The van der Waals surface area contributed by atoms with Crippen molar-refractivity contribution in [2.75, 3.05) is 18.6 Å². The van der Waals surface area contributed by atoms with E-state index in [1.807, 2.05) is 16.8 Å². The molecule has 3 amide bonds. The number of nitrogens with two attached hydrogens (primary N) is 1. The van der Waals surface area contributed by atoms with E-state index in [1.54, 1.807) is 45.4 Å². The van der Waals surface area contributed by atoms with Gasteiger partial charge in [-0.05, 0) is 39.5 Å². The molecule has 0 unspecified atom stereocenters. The molecule has 200 valence electrons. The summed E-state index contributed by atoms with van der Waals surface area (Å²) in [5.74, 6) is -2.26. The summed E-state index contributed by atoms with van der Waals surface area (Å²) in [5.41, 5.74) is 8.99. The summed E-state index contributed by atoms with van der Waals surface area (Å²) in [6.07, 6.45) is 4.61. The number of halogens is 1. The van der Waals surface area contributed by atoms with Crippen LogP contribution in [-0.2, 0) is 28.8 Å². The van der Waals surface area contributed by atoms with Crippen molar-refractivity contribution in [3.05, 3.63) is 41.4 Å². The van der Waals surface area contributed by atoms with E-state index in [-0.39, 0.29) is 19.6 Å². The van der Waals surface area contributed by atoms with Crippen molar-refractivity contribution in [2.24, 2.45) is 11.1 Å². The SMILES string of the molecule is CC(=O)O[C@@H]1C[C@@H](C(N)=O)N(C(=O)[C@@H](NC(=O)CONc2ccc(-n3ccnc3)c(Br)c2)C(C)(C)C)C1. The van der Waals surface area contributed by atoms with Crippen LogP contribution in [0.2, 0.25) is 0 Å². The van der Waals surface area contributed by atoms with Crippen molar-refractivity contribution in [1.29, 1.82) is 0 Å². The summed E-state index contributed by atoms with van der Waals surface area (Å²) in [6.45, 7) is 6.24. The lowest BCUT2D eigenvalue weighted by Crippen LogP contribution is -2.58. The summed E-state index contributed by atoms with van der Waals surface area (Å²) >= 11 is 3.50. The van der Waals surface area contributed by atoms with Gasteiger partial charge in [-0.3, -0.25) is 29.5 Å². The number of esters is 1. The predicted octanol–water partition coefficient (Wildman–Crippen LogP) is 1.53. The smallest absolute Gasteiger partial charge is 0.302 e. The van der Waals surface area contributed by atoms with Crippen LogP contribution >= 0.6 is 15.9 Å².